The monoisotopic (exact) mass is 478 g/mol. The van der Waals surface area contributed by atoms with Crippen LogP contribution in [0.5, 0.6) is 0 Å². The summed E-state index contributed by atoms with van der Waals surface area (Å²) < 4.78 is 27.8. The number of anilines is 1. The molecular formula is C21H23ClN4O5S. The second-order valence-corrected chi connectivity index (χ2v) is 9.32. The van der Waals surface area contributed by atoms with Crippen molar-refractivity contribution in [2.24, 2.45) is 0 Å². The van der Waals surface area contributed by atoms with Gasteiger partial charge in [-0.05, 0) is 30.3 Å². The van der Waals surface area contributed by atoms with Gasteiger partial charge in [0.15, 0.2) is 0 Å². The van der Waals surface area contributed by atoms with E-state index >= 15 is 0 Å². The summed E-state index contributed by atoms with van der Waals surface area (Å²) in [5.41, 5.74) is -0.708. The van der Waals surface area contributed by atoms with Crippen molar-refractivity contribution < 1.29 is 13.2 Å². The highest BCUT2D eigenvalue weighted by Crippen LogP contribution is 2.27. The Morgan fingerprint density at radius 1 is 1.09 bits per heavy atom. The zero-order valence-electron chi connectivity index (χ0n) is 17.6. The molecule has 32 heavy (non-hydrogen) atoms. The van der Waals surface area contributed by atoms with Crippen molar-refractivity contribution in [3.63, 3.8) is 0 Å². The van der Waals surface area contributed by atoms with Crippen molar-refractivity contribution in [1.82, 2.24) is 14.1 Å². The molecule has 2 aromatic carbocycles. The number of H-pyrrole nitrogens is 1. The smallest absolute Gasteiger partial charge is 0.273 e. The van der Waals surface area contributed by atoms with Gasteiger partial charge in [-0.25, -0.2) is 13.1 Å². The highest BCUT2D eigenvalue weighted by Gasteiger charge is 2.23. The Kier molecular flexibility index (Phi) is 7.17. The molecule has 170 valence electrons. The second-order valence-electron chi connectivity index (χ2n) is 6.97. The summed E-state index contributed by atoms with van der Waals surface area (Å²) >= 11 is 6.14. The first kappa shape index (κ1) is 23.7. The number of rotatable bonds is 8. The Morgan fingerprint density at radius 2 is 1.75 bits per heavy atom. The summed E-state index contributed by atoms with van der Waals surface area (Å²) in [6.45, 7) is 4.01. The van der Waals surface area contributed by atoms with Crippen molar-refractivity contribution in [2.75, 3.05) is 18.4 Å². The standard InChI is InChI=1S/C21H23ClN4O5S/c1-3-25(4-2)32(30,31)14-9-10-17(22)18(13-14)23-19(27)11-12-26-21(29)16-8-6-5-7-15(16)20(28)24-26/h5-10,13H,3-4,11-12H2,1-2H3,(H,23,27)(H,24,28). The van der Waals surface area contributed by atoms with E-state index in [2.05, 4.69) is 10.4 Å². The predicted molar refractivity (Wildman–Crippen MR) is 124 cm³/mol. The third kappa shape index (κ3) is 4.77. The van der Waals surface area contributed by atoms with Crippen LogP contribution in [0, 0.1) is 0 Å². The predicted octanol–water partition coefficient (Wildman–Crippen LogP) is 2.40. The van der Waals surface area contributed by atoms with Gasteiger partial charge in [0.05, 0.1) is 32.9 Å². The van der Waals surface area contributed by atoms with Gasteiger partial charge >= 0.3 is 0 Å². The minimum atomic E-state index is -3.72. The summed E-state index contributed by atoms with van der Waals surface area (Å²) in [6, 6.07) is 10.5. The highest BCUT2D eigenvalue weighted by molar-refractivity contribution is 7.89. The molecule has 3 aromatic rings. The Labute approximate surface area is 189 Å². The van der Waals surface area contributed by atoms with Crippen LogP contribution in [-0.2, 0) is 21.4 Å². The van der Waals surface area contributed by atoms with Gasteiger partial charge in [0.1, 0.15) is 0 Å². The van der Waals surface area contributed by atoms with Crippen LogP contribution < -0.4 is 16.4 Å². The zero-order valence-corrected chi connectivity index (χ0v) is 19.2. The molecule has 0 bridgehead atoms. The number of nitrogens with one attached hydrogen (secondary N) is 2. The van der Waals surface area contributed by atoms with Crippen LogP contribution >= 0.6 is 11.6 Å². The number of benzene rings is 2. The number of nitrogens with zero attached hydrogens (tertiary/aromatic N) is 2. The van der Waals surface area contributed by atoms with Gasteiger partial charge in [-0.3, -0.25) is 19.5 Å². The number of sulfonamides is 1. The molecule has 9 nitrogen and oxygen atoms in total. The molecule has 3 rings (SSSR count). The summed E-state index contributed by atoms with van der Waals surface area (Å²) in [7, 11) is -3.72. The van der Waals surface area contributed by atoms with Crippen molar-refractivity contribution in [3.05, 3.63) is 68.2 Å². The second kappa shape index (κ2) is 9.68. The molecule has 11 heteroatoms. The fraction of sp³-hybridized carbons (Fsp3) is 0.286. The van der Waals surface area contributed by atoms with Crippen LogP contribution in [0.1, 0.15) is 20.3 Å². The Morgan fingerprint density at radius 3 is 2.41 bits per heavy atom. The van der Waals surface area contributed by atoms with E-state index in [1.807, 2.05) is 0 Å². The maximum absolute atomic E-state index is 12.7. The lowest BCUT2D eigenvalue weighted by Crippen LogP contribution is -2.31. The third-order valence-electron chi connectivity index (χ3n) is 5.00. The molecule has 1 heterocycles. The van der Waals surface area contributed by atoms with Gasteiger partial charge in [-0.1, -0.05) is 37.6 Å². The highest BCUT2D eigenvalue weighted by atomic mass is 35.5. The molecule has 0 atom stereocenters. The molecule has 0 radical (unpaired) electrons. The van der Waals surface area contributed by atoms with Crippen molar-refractivity contribution in [1.29, 1.82) is 0 Å². The van der Waals surface area contributed by atoms with E-state index in [-0.39, 0.29) is 39.3 Å². The molecule has 0 aliphatic rings. The number of aryl methyl sites for hydroxylation is 1. The third-order valence-corrected chi connectivity index (χ3v) is 7.38. The average Bonchev–Trinajstić information content (AvgIpc) is 2.77. The largest absolute Gasteiger partial charge is 0.325 e. The average molecular weight is 479 g/mol. The fourth-order valence-corrected chi connectivity index (χ4v) is 4.95. The van der Waals surface area contributed by atoms with Crippen LogP contribution in [0.15, 0.2) is 56.9 Å². The van der Waals surface area contributed by atoms with Crippen LogP contribution in [0.25, 0.3) is 10.8 Å². The minimum absolute atomic E-state index is 0.0102. The first-order chi connectivity index (χ1) is 15.2. The van der Waals surface area contributed by atoms with Gasteiger partial charge in [0.2, 0.25) is 15.9 Å². The van der Waals surface area contributed by atoms with Crippen molar-refractivity contribution >= 4 is 44.0 Å². The maximum Gasteiger partial charge on any atom is 0.273 e. The van der Waals surface area contributed by atoms with Crippen LogP contribution in [0.3, 0.4) is 0 Å². The molecule has 2 N–H and O–H groups in total. The molecule has 0 spiro atoms. The maximum atomic E-state index is 12.7. The van der Waals surface area contributed by atoms with Gasteiger partial charge in [0, 0.05) is 19.5 Å². The quantitative estimate of drug-likeness (QED) is 0.515. The van der Waals surface area contributed by atoms with E-state index in [4.69, 9.17) is 11.6 Å². The van der Waals surface area contributed by atoms with E-state index in [1.165, 1.54) is 22.5 Å². The van der Waals surface area contributed by atoms with E-state index in [1.54, 1.807) is 38.1 Å². The summed E-state index contributed by atoms with van der Waals surface area (Å²) in [5.74, 6) is -0.495. The van der Waals surface area contributed by atoms with Gasteiger partial charge in [-0.2, -0.15) is 4.31 Å². The normalized spacial score (nSPS) is 11.8. The Bertz CT molecular complexity index is 1380. The number of aromatic nitrogens is 2. The summed E-state index contributed by atoms with van der Waals surface area (Å²) in [4.78, 5) is 37.2. The molecule has 0 saturated carbocycles. The number of carbonyl (C=O) groups is 1. The molecular weight excluding hydrogens is 456 g/mol. The first-order valence-corrected chi connectivity index (χ1v) is 11.8. The molecule has 0 aliphatic heterocycles. The molecule has 0 fully saturated rings. The van der Waals surface area contributed by atoms with Crippen LogP contribution in [0.4, 0.5) is 5.69 Å². The lowest BCUT2D eigenvalue weighted by molar-refractivity contribution is -0.116. The number of halogens is 1. The summed E-state index contributed by atoms with van der Waals surface area (Å²) in [6.07, 6.45) is -0.141. The number of hydrogen-bond acceptors (Lipinski definition) is 5. The van der Waals surface area contributed by atoms with E-state index < -0.39 is 27.0 Å². The molecule has 0 unspecified atom stereocenters. The summed E-state index contributed by atoms with van der Waals surface area (Å²) in [5, 5.41) is 5.75. The topological polar surface area (TPSA) is 121 Å². The number of amides is 1. The number of aromatic amines is 1. The minimum Gasteiger partial charge on any atom is -0.325 e. The van der Waals surface area contributed by atoms with Crippen molar-refractivity contribution in [3.8, 4) is 0 Å². The number of fused-ring (bicyclic) bond motifs is 1. The Balaban J connectivity index is 1.79. The molecule has 0 aliphatic carbocycles. The molecule has 1 aromatic heterocycles. The fourth-order valence-electron chi connectivity index (χ4n) is 3.30. The van der Waals surface area contributed by atoms with Crippen LogP contribution in [0.2, 0.25) is 5.02 Å². The first-order valence-electron chi connectivity index (χ1n) is 10.0. The lowest BCUT2D eigenvalue weighted by atomic mass is 10.2. The van der Waals surface area contributed by atoms with Gasteiger partial charge in [-0.15, -0.1) is 0 Å². The number of hydrogen-bond donors (Lipinski definition) is 2. The van der Waals surface area contributed by atoms with Gasteiger partial charge < -0.3 is 5.32 Å². The SMILES string of the molecule is CCN(CC)S(=O)(=O)c1ccc(Cl)c(NC(=O)CCn2[nH]c(=O)c3ccccc3c2=O)c1. The van der Waals surface area contributed by atoms with Crippen molar-refractivity contribution in [2.45, 2.75) is 31.7 Å². The van der Waals surface area contributed by atoms with Gasteiger partial charge in [0.25, 0.3) is 11.1 Å². The molecule has 1 amide bonds. The number of carbonyl (C=O) groups excluding carboxylic acids is 1. The van der Waals surface area contributed by atoms with Crippen LogP contribution in [-0.4, -0.2) is 41.5 Å². The van der Waals surface area contributed by atoms with E-state index in [9.17, 15) is 22.8 Å². The molecule has 0 saturated heterocycles. The van der Waals surface area contributed by atoms with E-state index in [0.717, 1.165) is 4.68 Å². The Hall–Kier alpha value is -2.95. The zero-order chi connectivity index (χ0) is 23.5. The lowest BCUT2D eigenvalue weighted by Gasteiger charge is -2.19. The van der Waals surface area contributed by atoms with E-state index in [0.29, 0.717) is 13.1 Å².